The minimum Gasteiger partial charge on any atom is -0.336 e. The predicted octanol–water partition coefficient (Wildman–Crippen LogP) is 4.06. The lowest BCUT2D eigenvalue weighted by molar-refractivity contribution is 0.251. The molecule has 0 saturated carbocycles. The van der Waals surface area contributed by atoms with Crippen molar-refractivity contribution in [2.45, 2.75) is 32.7 Å². The number of pyridine rings is 1. The summed E-state index contributed by atoms with van der Waals surface area (Å²) in [5, 5.41) is 10.0. The summed E-state index contributed by atoms with van der Waals surface area (Å²) in [6.07, 6.45) is 7.29. The Morgan fingerprint density at radius 1 is 1.07 bits per heavy atom. The van der Waals surface area contributed by atoms with Gasteiger partial charge in [0.1, 0.15) is 0 Å². The second-order valence-electron chi connectivity index (χ2n) is 7.44. The van der Waals surface area contributed by atoms with Crippen LogP contribution < -0.4 is 10.6 Å². The number of amides is 2. The van der Waals surface area contributed by atoms with Crippen molar-refractivity contribution >= 4 is 11.7 Å². The minimum absolute atomic E-state index is 0.0964. The van der Waals surface area contributed by atoms with E-state index >= 15 is 0 Å². The summed E-state index contributed by atoms with van der Waals surface area (Å²) in [4.78, 5) is 16.2. The Balaban J connectivity index is 1.47. The second-order valence-corrected chi connectivity index (χ2v) is 7.44. The number of urea groups is 1. The number of anilines is 1. The summed E-state index contributed by atoms with van der Waals surface area (Å²) >= 11 is 0. The van der Waals surface area contributed by atoms with E-state index in [0.29, 0.717) is 13.1 Å². The van der Waals surface area contributed by atoms with Gasteiger partial charge in [0.05, 0.1) is 12.7 Å². The zero-order valence-corrected chi connectivity index (χ0v) is 15.9. The molecule has 0 saturated heterocycles. The van der Waals surface area contributed by atoms with E-state index in [1.807, 2.05) is 42.6 Å². The topological polar surface area (TPSA) is 71.8 Å². The fourth-order valence-electron chi connectivity index (χ4n) is 2.68. The SMILES string of the molecule is CC(C)(C)c1ccc(NC(=O)NCCn2cc(-c3cccnc3)cn2)cc1. The van der Waals surface area contributed by atoms with E-state index in [9.17, 15) is 4.79 Å². The lowest BCUT2D eigenvalue weighted by atomic mass is 9.87. The molecule has 3 rings (SSSR count). The molecule has 0 unspecified atom stereocenters. The maximum absolute atomic E-state index is 12.1. The Hall–Kier alpha value is -3.15. The number of carbonyl (C=O) groups excluding carboxylic acids is 1. The van der Waals surface area contributed by atoms with Crippen molar-refractivity contribution < 1.29 is 4.79 Å². The summed E-state index contributed by atoms with van der Waals surface area (Å²) in [5.41, 5.74) is 4.13. The molecule has 0 radical (unpaired) electrons. The number of hydrogen-bond donors (Lipinski definition) is 2. The highest BCUT2D eigenvalue weighted by atomic mass is 16.2. The van der Waals surface area contributed by atoms with Crippen LogP contribution in [0.4, 0.5) is 10.5 Å². The van der Waals surface area contributed by atoms with Gasteiger partial charge in [-0.2, -0.15) is 5.10 Å². The molecule has 6 nitrogen and oxygen atoms in total. The van der Waals surface area contributed by atoms with Crippen LogP contribution in [0.3, 0.4) is 0 Å². The number of nitrogens with zero attached hydrogens (tertiary/aromatic N) is 3. The van der Waals surface area contributed by atoms with Gasteiger partial charge in [-0.3, -0.25) is 9.67 Å². The first-order valence-corrected chi connectivity index (χ1v) is 9.00. The number of aromatic nitrogens is 3. The number of carbonyl (C=O) groups is 1. The maximum Gasteiger partial charge on any atom is 0.319 e. The van der Waals surface area contributed by atoms with Crippen molar-refractivity contribution in [3.63, 3.8) is 0 Å². The first kappa shape index (κ1) is 18.6. The monoisotopic (exact) mass is 363 g/mol. The average molecular weight is 363 g/mol. The van der Waals surface area contributed by atoms with Gasteiger partial charge in [0.15, 0.2) is 0 Å². The van der Waals surface area contributed by atoms with Gasteiger partial charge in [-0.1, -0.05) is 39.0 Å². The molecule has 2 heterocycles. The molecule has 0 aliphatic carbocycles. The fourth-order valence-corrected chi connectivity index (χ4v) is 2.68. The molecule has 0 atom stereocenters. The van der Waals surface area contributed by atoms with E-state index in [-0.39, 0.29) is 11.4 Å². The third-order valence-corrected chi connectivity index (χ3v) is 4.26. The molecule has 0 aliphatic rings. The lowest BCUT2D eigenvalue weighted by Crippen LogP contribution is -2.31. The zero-order valence-electron chi connectivity index (χ0n) is 15.9. The van der Waals surface area contributed by atoms with Crippen LogP contribution in [0.2, 0.25) is 0 Å². The molecule has 3 aromatic rings. The van der Waals surface area contributed by atoms with Crippen molar-refractivity contribution in [1.82, 2.24) is 20.1 Å². The van der Waals surface area contributed by atoms with Crippen LogP contribution in [0.15, 0.2) is 61.2 Å². The second kappa shape index (κ2) is 8.03. The number of nitrogens with one attached hydrogen (secondary N) is 2. The van der Waals surface area contributed by atoms with Crippen molar-refractivity contribution in [3.8, 4) is 11.1 Å². The van der Waals surface area contributed by atoms with Gasteiger partial charge < -0.3 is 10.6 Å². The molecule has 6 heteroatoms. The highest BCUT2D eigenvalue weighted by molar-refractivity contribution is 5.89. The van der Waals surface area contributed by atoms with Crippen molar-refractivity contribution in [2.24, 2.45) is 0 Å². The molecule has 140 valence electrons. The quantitative estimate of drug-likeness (QED) is 0.718. The van der Waals surface area contributed by atoms with Crippen molar-refractivity contribution in [1.29, 1.82) is 0 Å². The van der Waals surface area contributed by atoms with E-state index in [1.54, 1.807) is 23.3 Å². The smallest absolute Gasteiger partial charge is 0.319 e. The standard InChI is InChI=1S/C21H25N5O/c1-21(2,3)18-6-8-19(9-7-18)25-20(27)23-11-12-26-15-17(14-24-26)16-5-4-10-22-13-16/h4-10,13-15H,11-12H2,1-3H3,(H2,23,25,27). The van der Waals surface area contributed by atoms with Crippen molar-refractivity contribution in [2.75, 3.05) is 11.9 Å². The van der Waals surface area contributed by atoms with E-state index in [1.165, 1.54) is 5.56 Å². The molecule has 0 spiro atoms. The highest BCUT2D eigenvalue weighted by Gasteiger charge is 2.13. The van der Waals surface area contributed by atoms with Gasteiger partial charge in [0.2, 0.25) is 0 Å². The van der Waals surface area contributed by atoms with Crippen LogP contribution in [0.5, 0.6) is 0 Å². The third kappa shape index (κ3) is 5.17. The Morgan fingerprint density at radius 2 is 1.85 bits per heavy atom. The van der Waals surface area contributed by atoms with Gasteiger partial charge in [-0.25, -0.2) is 4.79 Å². The van der Waals surface area contributed by atoms with Crippen LogP contribution in [0, 0.1) is 0 Å². The number of rotatable bonds is 5. The number of benzene rings is 1. The lowest BCUT2D eigenvalue weighted by Gasteiger charge is -2.19. The molecule has 2 amide bonds. The molecule has 0 bridgehead atoms. The molecule has 1 aromatic carbocycles. The normalized spacial score (nSPS) is 11.2. The van der Waals surface area contributed by atoms with Crippen LogP contribution >= 0.6 is 0 Å². The molecule has 0 fully saturated rings. The van der Waals surface area contributed by atoms with Crippen LogP contribution in [-0.4, -0.2) is 27.3 Å². The minimum atomic E-state index is -0.224. The fraction of sp³-hybridized carbons (Fsp3) is 0.286. The molecule has 2 N–H and O–H groups in total. The maximum atomic E-state index is 12.1. The Morgan fingerprint density at radius 3 is 2.52 bits per heavy atom. The first-order chi connectivity index (χ1) is 12.9. The van der Waals surface area contributed by atoms with Crippen LogP contribution in [0.25, 0.3) is 11.1 Å². The van der Waals surface area contributed by atoms with E-state index < -0.39 is 0 Å². The van der Waals surface area contributed by atoms with Gasteiger partial charge >= 0.3 is 6.03 Å². The van der Waals surface area contributed by atoms with E-state index in [4.69, 9.17) is 0 Å². The molecule has 2 aromatic heterocycles. The summed E-state index contributed by atoms with van der Waals surface area (Å²) in [7, 11) is 0. The van der Waals surface area contributed by atoms with Crippen molar-refractivity contribution in [3.05, 3.63) is 66.7 Å². The summed E-state index contributed by atoms with van der Waals surface area (Å²) in [5.74, 6) is 0. The zero-order chi connectivity index (χ0) is 19.3. The molecule has 27 heavy (non-hydrogen) atoms. The molecular formula is C21H25N5O. The number of hydrogen-bond acceptors (Lipinski definition) is 3. The van der Waals surface area contributed by atoms with Crippen LogP contribution in [-0.2, 0) is 12.0 Å². The predicted molar refractivity (Wildman–Crippen MR) is 108 cm³/mol. The first-order valence-electron chi connectivity index (χ1n) is 9.00. The van der Waals surface area contributed by atoms with Crippen LogP contribution in [0.1, 0.15) is 26.3 Å². The summed E-state index contributed by atoms with van der Waals surface area (Å²) < 4.78 is 1.81. The summed E-state index contributed by atoms with van der Waals surface area (Å²) in [6, 6.07) is 11.6. The van der Waals surface area contributed by atoms with E-state index in [0.717, 1.165) is 16.8 Å². The Bertz CT molecular complexity index is 879. The highest BCUT2D eigenvalue weighted by Crippen LogP contribution is 2.23. The molecular weight excluding hydrogens is 338 g/mol. The summed E-state index contributed by atoms with van der Waals surface area (Å²) in [6.45, 7) is 7.57. The average Bonchev–Trinajstić information content (AvgIpc) is 3.11. The molecule has 0 aliphatic heterocycles. The van der Waals surface area contributed by atoms with Gasteiger partial charge in [0.25, 0.3) is 0 Å². The van der Waals surface area contributed by atoms with Gasteiger partial charge in [0, 0.05) is 41.9 Å². The Labute approximate surface area is 159 Å². The third-order valence-electron chi connectivity index (χ3n) is 4.26. The Kier molecular flexibility index (Phi) is 5.54. The largest absolute Gasteiger partial charge is 0.336 e. The van der Waals surface area contributed by atoms with E-state index in [2.05, 4.69) is 41.5 Å². The van der Waals surface area contributed by atoms with Gasteiger partial charge in [-0.05, 0) is 29.2 Å². The van der Waals surface area contributed by atoms with Gasteiger partial charge in [-0.15, -0.1) is 0 Å².